The Hall–Kier alpha value is -2.21. The van der Waals surface area contributed by atoms with Crippen molar-refractivity contribution in [2.45, 2.75) is 11.3 Å². The van der Waals surface area contributed by atoms with E-state index in [2.05, 4.69) is 5.32 Å². The number of amides is 1. The van der Waals surface area contributed by atoms with Crippen LogP contribution in [0, 0.1) is 5.82 Å². The molecular formula is C16H16FNO3S. The Morgan fingerprint density at radius 3 is 2.27 bits per heavy atom. The molecule has 2 aromatic carbocycles. The maximum atomic E-state index is 12.8. The van der Waals surface area contributed by atoms with E-state index in [4.69, 9.17) is 0 Å². The van der Waals surface area contributed by atoms with Gasteiger partial charge in [-0.1, -0.05) is 30.3 Å². The molecule has 116 valence electrons. The molecule has 0 saturated carbocycles. The SMILES string of the molecule is O=C(Cc1ccccc1)NCCS(=O)(=O)c1ccc(F)cc1. The summed E-state index contributed by atoms with van der Waals surface area (Å²) < 4.78 is 36.8. The van der Waals surface area contributed by atoms with E-state index < -0.39 is 15.7 Å². The van der Waals surface area contributed by atoms with Crippen molar-refractivity contribution in [2.75, 3.05) is 12.3 Å². The molecule has 0 heterocycles. The molecular weight excluding hydrogens is 305 g/mol. The van der Waals surface area contributed by atoms with Crippen LogP contribution in [0.2, 0.25) is 0 Å². The lowest BCUT2D eigenvalue weighted by Gasteiger charge is -2.07. The Morgan fingerprint density at radius 1 is 1.00 bits per heavy atom. The zero-order chi connectivity index (χ0) is 16.0. The topological polar surface area (TPSA) is 63.2 Å². The quantitative estimate of drug-likeness (QED) is 0.827. The van der Waals surface area contributed by atoms with Crippen LogP contribution < -0.4 is 5.32 Å². The van der Waals surface area contributed by atoms with Gasteiger partial charge in [-0.15, -0.1) is 0 Å². The summed E-state index contributed by atoms with van der Waals surface area (Å²) in [5.41, 5.74) is 0.862. The Morgan fingerprint density at radius 2 is 1.64 bits per heavy atom. The van der Waals surface area contributed by atoms with Crippen LogP contribution in [0.3, 0.4) is 0 Å². The maximum absolute atomic E-state index is 12.8. The standard InChI is InChI=1S/C16H16FNO3S/c17-14-6-8-15(9-7-14)22(20,21)11-10-18-16(19)12-13-4-2-1-3-5-13/h1-9H,10-12H2,(H,18,19). The Balaban J connectivity index is 1.85. The molecule has 2 rings (SSSR count). The van der Waals surface area contributed by atoms with Crippen LogP contribution in [0.25, 0.3) is 0 Å². The number of sulfone groups is 1. The molecule has 0 atom stereocenters. The first-order chi connectivity index (χ1) is 10.5. The van der Waals surface area contributed by atoms with Crippen molar-refractivity contribution in [3.8, 4) is 0 Å². The van der Waals surface area contributed by atoms with E-state index in [9.17, 15) is 17.6 Å². The summed E-state index contributed by atoms with van der Waals surface area (Å²) in [6.45, 7) is 0.0192. The van der Waals surface area contributed by atoms with Gasteiger partial charge in [0.05, 0.1) is 17.1 Å². The minimum absolute atomic E-state index is 0.0192. The number of nitrogens with one attached hydrogen (secondary N) is 1. The fourth-order valence-corrected chi connectivity index (χ4v) is 3.09. The largest absolute Gasteiger partial charge is 0.355 e. The lowest BCUT2D eigenvalue weighted by atomic mass is 10.1. The first-order valence-electron chi connectivity index (χ1n) is 6.76. The first kappa shape index (κ1) is 16.2. The molecule has 0 saturated heterocycles. The summed E-state index contributed by atoms with van der Waals surface area (Å²) in [5, 5.41) is 2.58. The average Bonchev–Trinajstić information content (AvgIpc) is 2.48. The van der Waals surface area contributed by atoms with Gasteiger partial charge in [0.1, 0.15) is 5.82 Å². The summed E-state index contributed by atoms with van der Waals surface area (Å²) in [6, 6.07) is 13.8. The van der Waals surface area contributed by atoms with Gasteiger partial charge in [-0.05, 0) is 29.8 Å². The van der Waals surface area contributed by atoms with Crippen molar-refractivity contribution in [3.63, 3.8) is 0 Å². The number of carbonyl (C=O) groups excluding carboxylic acids is 1. The zero-order valence-electron chi connectivity index (χ0n) is 11.8. The molecule has 1 N–H and O–H groups in total. The second-order valence-electron chi connectivity index (χ2n) is 4.79. The molecule has 0 aliphatic heterocycles. The van der Waals surface area contributed by atoms with E-state index in [1.165, 1.54) is 12.1 Å². The molecule has 0 aliphatic carbocycles. The van der Waals surface area contributed by atoms with Gasteiger partial charge in [-0.2, -0.15) is 0 Å². The summed E-state index contributed by atoms with van der Waals surface area (Å²) in [5.74, 6) is -0.949. The third kappa shape index (κ3) is 4.66. The highest BCUT2D eigenvalue weighted by molar-refractivity contribution is 7.91. The fourth-order valence-electron chi connectivity index (χ4n) is 1.93. The predicted octanol–water partition coefficient (Wildman–Crippen LogP) is 1.96. The van der Waals surface area contributed by atoms with E-state index in [-0.39, 0.29) is 29.5 Å². The number of hydrogen-bond donors (Lipinski definition) is 1. The smallest absolute Gasteiger partial charge is 0.224 e. The van der Waals surface area contributed by atoms with Gasteiger partial charge in [0.15, 0.2) is 9.84 Å². The van der Waals surface area contributed by atoms with Gasteiger partial charge in [-0.25, -0.2) is 12.8 Å². The molecule has 0 unspecified atom stereocenters. The van der Waals surface area contributed by atoms with E-state index in [0.29, 0.717) is 0 Å². The van der Waals surface area contributed by atoms with Gasteiger partial charge in [0.2, 0.25) is 5.91 Å². The molecule has 4 nitrogen and oxygen atoms in total. The molecule has 0 bridgehead atoms. The number of rotatable bonds is 6. The van der Waals surface area contributed by atoms with Crippen molar-refractivity contribution < 1.29 is 17.6 Å². The normalized spacial score (nSPS) is 11.1. The van der Waals surface area contributed by atoms with Crippen LogP contribution in [-0.2, 0) is 21.1 Å². The predicted molar refractivity (Wildman–Crippen MR) is 81.6 cm³/mol. The second kappa shape index (κ2) is 7.17. The molecule has 0 aliphatic rings. The molecule has 2 aromatic rings. The number of carbonyl (C=O) groups is 1. The molecule has 22 heavy (non-hydrogen) atoms. The van der Waals surface area contributed by atoms with Gasteiger partial charge >= 0.3 is 0 Å². The van der Waals surface area contributed by atoms with E-state index in [1.807, 2.05) is 30.3 Å². The molecule has 0 aromatic heterocycles. The third-order valence-electron chi connectivity index (χ3n) is 3.07. The highest BCUT2D eigenvalue weighted by Crippen LogP contribution is 2.11. The summed E-state index contributed by atoms with van der Waals surface area (Å²) >= 11 is 0. The molecule has 0 fully saturated rings. The molecule has 0 radical (unpaired) electrons. The summed E-state index contributed by atoms with van der Waals surface area (Å²) in [6.07, 6.45) is 0.206. The van der Waals surface area contributed by atoms with Gasteiger partial charge in [0, 0.05) is 6.54 Å². The Labute approximate surface area is 128 Å². The third-order valence-corrected chi connectivity index (χ3v) is 4.81. The van der Waals surface area contributed by atoms with Crippen LogP contribution in [0.15, 0.2) is 59.5 Å². The summed E-state index contributed by atoms with van der Waals surface area (Å²) in [7, 11) is -3.53. The monoisotopic (exact) mass is 321 g/mol. The minimum atomic E-state index is -3.53. The van der Waals surface area contributed by atoms with Crippen molar-refractivity contribution in [1.29, 1.82) is 0 Å². The van der Waals surface area contributed by atoms with E-state index in [1.54, 1.807) is 0 Å². The van der Waals surface area contributed by atoms with Crippen LogP contribution in [0.4, 0.5) is 4.39 Å². The van der Waals surface area contributed by atoms with Crippen molar-refractivity contribution in [3.05, 3.63) is 66.0 Å². The second-order valence-corrected chi connectivity index (χ2v) is 6.89. The lowest BCUT2D eigenvalue weighted by Crippen LogP contribution is -2.30. The molecule has 1 amide bonds. The highest BCUT2D eigenvalue weighted by Gasteiger charge is 2.14. The fraction of sp³-hybridized carbons (Fsp3) is 0.188. The highest BCUT2D eigenvalue weighted by atomic mass is 32.2. The number of hydrogen-bond acceptors (Lipinski definition) is 3. The Bertz CT molecular complexity index is 728. The van der Waals surface area contributed by atoms with Crippen LogP contribution in [-0.4, -0.2) is 26.6 Å². The van der Waals surface area contributed by atoms with Gasteiger partial charge in [-0.3, -0.25) is 4.79 Å². The molecule has 0 spiro atoms. The van der Waals surface area contributed by atoms with Crippen molar-refractivity contribution >= 4 is 15.7 Å². The zero-order valence-corrected chi connectivity index (χ0v) is 12.6. The minimum Gasteiger partial charge on any atom is -0.355 e. The number of halogens is 1. The summed E-state index contributed by atoms with van der Waals surface area (Å²) in [4.78, 5) is 11.8. The lowest BCUT2D eigenvalue weighted by molar-refractivity contribution is -0.120. The van der Waals surface area contributed by atoms with Gasteiger partial charge in [0.25, 0.3) is 0 Å². The average molecular weight is 321 g/mol. The first-order valence-corrected chi connectivity index (χ1v) is 8.41. The Kier molecular flexibility index (Phi) is 5.27. The van der Waals surface area contributed by atoms with Gasteiger partial charge < -0.3 is 5.32 Å². The van der Waals surface area contributed by atoms with E-state index >= 15 is 0 Å². The van der Waals surface area contributed by atoms with Crippen molar-refractivity contribution in [1.82, 2.24) is 5.32 Å². The van der Waals surface area contributed by atoms with Crippen LogP contribution in [0.5, 0.6) is 0 Å². The number of benzene rings is 2. The van der Waals surface area contributed by atoms with Crippen molar-refractivity contribution in [2.24, 2.45) is 0 Å². The maximum Gasteiger partial charge on any atom is 0.224 e. The molecule has 6 heteroatoms. The van der Waals surface area contributed by atoms with E-state index in [0.717, 1.165) is 17.7 Å². The van der Waals surface area contributed by atoms with Crippen LogP contribution in [0.1, 0.15) is 5.56 Å². The van der Waals surface area contributed by atoms with Crippen LogP contribution >= 0.6 is 0 Å².